The van der Waals surface area contributed by atoms with Crippen molar-refractivity contribution < 1.29 is 14.5 Å². The van der Waals surface area contributed by atoms with Crippen LogP contribution in [0.15, 0.2) is 48.5 Å². The van der Waals surface area contributed by atoms with Gasteiger partial charge in [-0.3, -0.25) is 14.9 Å². The van der Waals surface area contributed by atoms with Gasteiger partial charge >= 0.3 is 0 Å². The third-order valence-electron chi connectivity index (χ3n) is 3.77. The molecule has 0 fully saturated rings. The van der Waals surface area contributed by atoms with E-state index in [2.05, 4.69) is 16.0 Å². The first-order valence-corrected chi connectivity index (χ1v) is 9.94. The van der Waals surface area contributed by atoms with E-state index in [4.69, 9.17) is 51.8 Å². The number of nitrogens with one attached hydrogen (secondary N) is 3. The molecule has 0 aromatic heterocycles. The molecule has 0 aliphatic heterocycles. The Hall–Kier alpha value is -2.33. The normalized spacial score (nSPS) is 11.9. The Kier molecular flexibility index (Phi) is 8.48. The number of ether oxygens (including phenoxy) is 1. The predicted octanol–water partition coefficient (Wildman–Crippen LogP) is 3.95. The van der Waals surface area contributed by atoms with E-state index in [1.54, 1.807) is 24.3 Å². The fourth-order valence-corrected chi connectivity index (χ4v) is 2.93. The molecule has 2 rings (SSSR count). The van der Waals surface area contributed by atoms with Gasteiger partial charge in [-0.1, -0.05) is 65.1 Å². The molecule has 1 atom stereocenters. The van der Waals surface area contributed by atoms with Gasteiger partial charge in [0.25, 0.3) is 5.69 Å². The second-order valence-electron chi connectivity index (χ2n) is 5.94. The van der Waals surface area contributed by atoms with Crippen LogP contribution < -0.4 is 20.7 Å². The van der Waals surface area contributed by atoms with Gasteiger partial charge in [-0.25, -0.2) is 0 Å². The summed E-state index contributed by atoms with van der Waals surface area (Å²) in [5.41, 5.74) is 0.599. The van der Waals surface area contributed by atoms with Crippen molar-refractivity contribution in [1.29, 1.82) is 0 Å². The summed E-state index contributed by atoms with van der Waals surface area (Å²) < 4.78 is 3.03. The zero-order chi connectivity index (χ0) is 22.3. The molecule has 12 heteroatoms. The maximum Gasteiger partial charge on any atom is 0.296 e. The first-order chi connectivity index (χ1) is 14.1. The van der Waals surface area contributed by atoms with Gasteiger partial charge in [0.15, 0.2) is 5.11 Å². The van der Waals surface area contributed by atoms with Gasteiger partial charge in [0.2, 0.25) is 9.70 Å². The van der Waals surface area contributed by atoms with E-state index in [1.807, 2.05) is 6.07 Å². The SMILES string of the molecule is COc1ccc(NC(=S)NC(NC(=O)Cc2ccccc2)C(Cl)(Cl)Cl)c([N+](=O)[O-])c1. The fraction of sp³-hybridized carbons (Fsp3) is 0.222. The summed E-state index contributed by atoms with van der Waals surface area (Å²) in [6.07, 6.45) is -1.14. The number of nitro groups is 1. The smallest absolute Gasteiger partial charge is 0.296 e. The average molecular weight is 492 g/mol. The number of carbonyl (C=O) groups excluding carboxylic acids is 1. The highest BCUT2D eigenvalue weighted by atomic mass is 35.6. The number of nitrogens with zero attached hydrogens (tertiary/aromatic N) is 1. The number of benzene rings is 2. The largest absolute Gasteiger partial charge is 0.496 e. The number of hydrogen-bond acceptors (Lipinski definition) is 5. The standard InChI is InChI=1S/C18H17Cl3N4O4S/c1-29-12-7-8-13(14(10-12)25(27)28)22-17(30)24-16(18(19,20)21)23-15(26)9-11-5-3-2-4-6-11/h2-8,10,16H,9H2,1H3,(H,23,26)(H2,22,24,30). The minimum Gasteiger partial charge on any atom is -0.496 e. The second-order valence-corrected chi connectivity index (χ2v) is 8.72. The van der Waals surface area contributed by atoms with Crippen molar-refractivity contribution in [2.75, 3.05) is 12.4 Å². The molecule has 1 amide bonds. The monoisotopic (exact) mass is 490 g/mol. The van der Waals surface area contributed by atoms with Gasteiger partial charge in [0.05, 0.1) is 24.5 Å². The summed E-state index contributed by atoms with van der Waals surface area (Å²) in [4.78, 5) is 23.0. The quantitative estimate of drug-likeness (QED) is 0.177. The summed E-state index contributed by atoms with van der Waals surface area (Å²) >= 11 is 23.0. The number of hydrogen-bond donors (Lipinski definition) is 3. The zero-order valence-corrected chi connectivity index (χ0v) is 18.6. The van der Waals surface area contributed by atoms with E-state index in [1.165, 1.54) is 25.3 Å². The highest BCUT2D eigenvalue weighted by molar-refractivity contribution is 7.80. The highest BCUT2D eigenvalue weighted by Gasteiger charge is 2.34. The Morgan fingerprint density at radius 1 is 1.20 bits per heavy atom. The predicted molar refractivity (Wildman–Crippen MR) is 121 cm³/mol. The summed E-state index contributed by atoms with van der Waals surface area (Å²) in [7, 11) is 1.39. The lowest BCUT2D eigenvalue weighted by Gasteiger charge is -2.27. The van der Waals surface area contributed by atoms with Crippen LogP contribution in [0.5, 0.6) is 5.75 Å². The average Bonchev–Trinajstić information content (AvgIpc) is 2.67. The Labute approximate surface area is 193 Å². The summed E-state index contributed by atoms with van der Waals surface area (Å²) in [6.45, 7) is 0. The Morgan fingerprint density at radius 2 is 1.87 bits per heavy atom. The summed E-state index contributed by atoms with van der Waals surface area (Å²) in [5.74, 6) is -0.110. The number of amides is 1. The van der Waals surface area contributed by atoms with Gasteiger partial charge in [-0.2, -0.15) is 0 Å². The second kappa shape index (κ2) is 10.6. The number of nitro benzene ring substituents is 1. The van der Waals surface area contributed by atoms with Crippen LogP contribution in [-0.4, -0.2) is 33.0 Å². The Bertz CT molecular complexity index is 925. The van der Waals surface area contributed by atoms with Crippen LogP contribution in [0.2, 0.25) is 0 Å². The first-order valence-electron chi connectivity index (χ1n) is 8.40. The van der Waals surface area contributed by atoms with Crippen LogP contribution in [0, 0.1) is 10.1 Å². The van der Waals surface area contributed by atoms with Gasteiger partial charge in [0, 0.05) is 0 Å². The molecule has 160 valence electrons. The van der Waals surface area contributed by atoms with E-state index in [9.17, 15) is 14.9 Å². The van der Waals surface area contributed by atoms with Crippen molar-refractivity contribution in [3.8, 4) is 5.75 Å². The van der Waals surface area contributed by atoms with Gasteiger partial charge in [-0.05, 0) is 29.9 Å². The van der Waals surface area contributed by atoms with Gasteiger partial charge in [0.1, 0.15) is 17.6 Å². The number of alkyl halides is 3. The lowest BCUT2D eigenvalue weighted by Crippen LogP contribution is -2.56. The molecule has 0 spiro atoms. The lowest BCUT2D eigenvalue weighted by molar-refractivity contribution is -0.384. The molecule has 0 aliphatic rings. The van der Waals surface area contributed by atoms with Crippen molar-refractivity contribution in [1.82, 2.24) is 10.6 Å². The molecular weight excluding hydrogens is 475 g/mol. The molecule has 0 saturated heterocycles. The van der Waals surface area contributed by atoms with Crippen LogP contribution in [0.25, 0.3) is 0 Å². The van der Waals surface area contributed by atoms with Crippen molar-refractivity contribution in [2.45, 2.75) is 16.4 Å². The molecule has 0 heterocycles. The van der Waals surface area contributed by atoms with E-state index >= 15 is 0 Å². The third kappa shape index (κ3) is 7.17. The highest BCUT2D eigenvalue weighted by Crippen LogP contribution is 2.31. The maximum atomic E-state index is 12.3. The van der Waals surface area contributed by atoms with Crippen LogP contribution in [0.3, 0.4) is 0 Å². The number of thiocarbonyl (C=S) groups is 1. The lowest BCUT2D eigenvalue weighted by atomic mass is 10.1. The molecule has 2 aromatic rings. The van der Waals surface area contributed by atoms with Crippen LogP contribution in [0.1, 0.15) is 5.56 Å². The number of anilines is 1. The minimum absolute atomic E-state index is 0.0594. The fourth-order valence-electron chi connectivity index (χ4n) is 2.38. The molecule has 0 bridgehead atoms. The Morgan fingerprint density at radius 3 is 2.43 bits per heavy atom. The van der Waals surface area contributed by atoms with Gasteiger partial charge < -0.3 is 20.7 Å². The summed E-state index contributed by atoms with van der Waals surface area (Å²) in [5, 5.41) is 19.1. The van der Waals surface area contributed by atoms with Crippen LogP contribution >= 0.6 is 47.0 Å². The molecule has 8 nitrogen and oxygen atoms in total. The van der Waals surface area contributed by atoms with E-state index in [0.29, 0.717) is 5.75 Å². The van der Waals surface area contributed by atoms with Crippen molar-refractivity contribution in [3.05, 3.63) is 64.2 Å². The molecule has 1 unspecified atom stereocenters. The van der Waals surface area contributed by atoms with E-state index in [0.717, 1.165) is 5.56 Å². The van der Waals surface area contributed by atoms with Gasteiger partial charge in [-0.15, -0.1) is 0 Å². The topological polar surface area (TPSA) is 106 Å². The minimum atomic E-state index is -1.95. The third-order valence-corrected chi connectivity index (χ3v) is 4.64. The Balaban J connectivity index is 2.09. The zero-order valence-electron chi connectivity index (χ0n) is 15.5. The summed E-state index contributed by atoms with van der Waals surface area (Å²) in [6, 6.07) is 13.2. The maximum absolute atomic E-state index is 12.3. The van der Waals surface area contributed by atoms with Crippen LogP contribution in [-0.2, 0) is 11.2 Å². The van der Waals surface area contributed by atoms with Crippen LogP contribution in [0.4, 0.5) is 11.4 Å². The molecule has 0 radical (unpaired) electrons. The number of halogens is 3. The molecule has 0 saturated carbocycles. The van der Waals surface area contributed by atoms with E-state index < -0.39 is 20.8 Å². The molecule has 0 aliphatic carbocycles. The van der Waals surface area contributed by atoms with E-state index in [-0.39, 0.29) is 22.9 Å². The molecular formula is C18H17Cl3N4O4S. The number of carbonyl (C=O) groups is 1. The molecule has 3 N–H and O–H groups in total. The van der Waals surface area contributed by atoms with Crippen molar-refractivity contribution in [3.63, 3.8) is 0 Å². The number of methoxy groups -OCH3 is 1. The first kappa shape index (κ1) is 23.9. The molecule has 2 aromatic carbocycles. The number of rotatable bonds is 7. The molecule has 30 heavy (non-hydrogen) atoms. The van der Waals surface area contributed by atoms with Crippen molar-refractivity contribution >= 4 is 69.4 Å². The van der Waals surface area contributed by atoms with Crippen molar-refractivity contribution in [2.24, 2.45) is 0 Å².